The molecule has 1 amide bonds. The maximum Gasteiger partial charge on any atom is 0.227 e. The molecule has 1 aliphatic heterocycles. The van der Waals surface area contributed by atoms with E-state index in [2.05, 4.69) is 24.5 Å². The maximum absolute atomic E-state index is 12.3. The van der Waals surface area contributed by atoms with Gasteiger partial charge in [0.2, 0.25) is 5.91 Å². The SMILES string of the molecule is CCC1CCC(CNC(=O)C2(C)CCCNC2)CC1.Cl. The van der Waals surface area contributed by atoms with E-state index in [1.54, 1.807) is 0 Å². The molecule has 1 heterocycles. The molecule has 0 aromatic carbocycles. The molecule has 1 aliphatic carbocycles. The lowest BCUT2D eigenvalue weighted by atomic mass is 9.80. The molecule has 3 nitrogen and oxygen atoms in total. The van der Waals surface area contributed by atoms with Gasteiger partial charge >= 0.3 is 0 Å². The van der Waals surface area contributed by atoms with E-state index in [1.165, 1.54) is 32.1 Å². The Bertz CT molecular complexity index is 295. The van der Waals surface area contributed by atoms with Crippen molar-refractivity contribution in [3.05, 3.63) is 0 Å². The first-order chi connectivity index (χ1) is 9.14. The first-order valence-corrected chi connectivity index (χ1v) is 8.13. The first-order valence-electron chi connectivity index (χ1n) is 8.13. The second-order valence-corrected chi connectivity index (χ2v) is 6.85. The summed E-state index contributed by atoms with van der Waals surface area (Å²) in [6.07, 6.45) is 8.77. The van der Waals surface area contributed by atoms with Gasteiger partial charge in [0, 0.05) is 13.1 Å². The minimum absolute atomic E-state index is 0. The Hall–Kier alpha value is -0.280. The van der Waals surface area contributed by atoms with Gasteiger partial charge in [-0.3, -0.25) is 4.79 Å². The van der Waals surface area contributed by atoms with Gasteiger partial charge in [0.25, 0.3) is 0 Å². The molecule has 2 rings (SSSR count). The molecule has 1 saturated carbocycles. The Balaban J connectivity index is 0.00000200. The van der Waals surface area contributed by atoms with Gasteiger partial charge in [-0.05, 0) is 51.0 Å². The van der Waals surface area contributed by atoms with Gasteiger partial charge in [0.05, 0.1) is 5.41 Å². The Morgan fingerprint density at radius 3 is 2.45 bits per heavy atom. The molecule has 1 unspecified atom stereocenters. The Morgan fingerprint density at radius 1 is 1.25 bits per heavy atom. The van der Waals surface area contributed by atoms with Crippen LogP contribution in [0.1, 0.15) is 58.8 Å². The zero-order chi connectivity index (χ0) is 13.7. The van der Waals surface area contributed by atoms with E-state index in [9.17, 15) is 4.79 Å². The maximum atomic E-state index is 12.3. The van der Waals surface area contributed by atoms with Crippen molar-refractivity contribution < 1.29 is 4.79 Å². The molecule has 2 fully saturated rings. The number of piperidine rings is 1. The van der Waals surface area contributed by atoms with E-state index in [0.717, 1.165) is 38.4 Å². The van der Waals surface area contributed by atoms with Crippen LogP contribution in [0.3, 0.4) is 0 Å². The lowest BCUT2D eigenvalue weighted by Crippen LogP contribution is -2.49. The zero-order valence-corrected chi connectivity index (χ0v) is 13.9. The number of hydrogen-bond acceptors (Lipinski definition) is 2. The van der Waals surface area contributed by atoms with Crippen LogP contribution in [0.2, 0.25) is 0 Å². The molecular weight excluding hydrogens is 272 g/mol. The highest BCUT2D eigenvalue weighted by Gasteiger charge is 2.34. The predicted octanol–water partition coefficient (Wildman–Crippen LogP) is 3.13. The van der Waals surface area contributed by atoms with Crippen LogP contribution < -0.4 is 10.6 Å². The van der Waals surface area contributed by atoms with Crippen LogP contribution in [0.15, 0.2) is 0 Å². The fraction of sp³-hybridized carbons (Fsp3) is 0.938. The van der Waals surface area contributed by atoms with E-state index < -0.39 is 0 Å². The van der Waals surface area contributed by atoms with Crippen LogP contribution in [-0.4, -0.2) is 25.5 Å². The molecular formula is C16H31ClN2O. The van der Waals surface area contributed by atoms with Gasteiger partial charge in [-0.25, -0.2) is 0 Å². The number of hydrogen-bond donors (Lipinski definition) is 2. The molecule has 1 atom stereocenters. The van der Waals surface area contributed by atoms with Crippen molar-refractivity contribution in [2.45, 2.75) is 58.8 Å². The van der Waals surface area contributed by atoms with Crippen molar-refractivity contribution in [1.82, 2.24) is 10.6 Å². The molecule has 118 valence electrons. The molecule has 20 heavy (non-hydrogen) atoms. The van der Waals surface area contributed by atoms with Crippen LogP contribution in [0.5, 0.6) is 0 Å². The summed E-state index contributed by atoms with van der Waals surface area (Å²) in [6, 6.07) is 0. The molecule has 0 radical (unpaired) electrons. The summed E-state index contributed by atoms with van der Waals surface area (Å²) in [5.41, 5.74) is -0.182. The summed E-state index contributed by atoms with van der Waals surface area (Å²) < 4.78 is 0. The third-order valence-corrected chi connectivity index (χ3v) is 5.24. The summed E-state index contributed by atoms with van der Waals surface area (Å²) in [7, 11) is 0. The minimum Gasteiger partial charge on any atom is -0.355 e. The van der Waals surface area contributed by atoms with Crippen LogP contribution in [0, 0.1) is 17.3 Å². The summed E-state index contributed by atoms with van der Waals surface area (Å²) in [5.74, 6) is 1.91. The third-order valence-electron chi connectivity index (χ3n) is 5.24. The van der Waals surface area contributed by atoms with E-state index in [-0.39, 0.29) is 23.7 Å². The van der Waals surface area contributed by atoms with Crippen LogP contribution >= 0.6 is 12.4 Å². The van der Waals surface area contributed by atoms with Crippen molar-refractivity contribution in [2.75, 3.05) is 19.6 Å². The van der Waals surface area contributed by atoms with Gasteiger partial charge < -0.3 is 10.6 Å². The number of carbonyl (C=O) groups excluding carboxylic acids is 1. The standard InChI is InChI=1S/C16H30N2O.ClH/c1-3-13-5-7-14(8-6-13)11-18-15(19)16(2)9-4-10-17-12-16;/h13-14,17H,3-12H2,1-2H3,(H,18,19);1H. The smallest absolute Gasteiger partial charge is 0.227 e. The lowest BCUT2D eigenvalue weighted by molar-refractivity contribution is -0.131. The predicted molar refractivity (Wildman–Crippen MR) is 86.2 cm³/mol. The number of carbonyl (C=O) groups is 1. The van der Waals surface area contributed by atoms with Crippen LogP contribution in [-0.2, 0) is 4.79 Å². The molecule has 0 aromatic rings. The van der Waals surface area contributed by atoms with Gasteiger partial charge in [-0.1, -0.05) is 26.2 Å². The Morgan fingerprint density at radius 2 is 1.90 bits per heavy atom. The number of amides is 1. The van der Waals surface area contributed by atoms with Crippen molar-refractivity contribution in [2.24, 2.45) is 17.3 Å². The van der Waals surface area contributed by atoms with Crippen LogP contribution in [0.25, 0.3) is 0 Å². The normalized spacial score (nSPS) is 34.1. The molecule has 2 N–H and O–H groups in total. The number of halogens is 1. The lowest BCUT2D eigenvalue weighted by Gasteiger charge is -2.34. The molecule has 4 heteroatoms. The second-order valence-electron chi connectivity index (χ2n) is 6.85. The number of rotatable bonds is 4. The highest BCUT2D eigenvalue weighted by molar-refractivity contribution is 5.85. The van der Waals surface area contributed by atoms with E-state index >= 15 is 0 Å². The summed E-state index contributed by atoms with van der Waals surface area (Å²) >= 11 is 0. The third kappa shape index (κ3) is 4.63. The van der Waals surface area contributed by atoms with Crippen LogP contribution in [0.4, 0.5) is 0 Å². The summed E-state index contributed by atoms with van der Waals surface area (Å²) in [5, 5.41) is 6.56. The molecule has 0 spiro atoms. The minimum atomic E-state index is -0.182. The average Bonchev–Trinajstić information content (AvgIpc) is 2.46. The van der Waals surface area contributed by atoms with Gasteiger partial charge in [-0.15, -0.1) is 12.4 Å². The highest BCUT2D eigenvalue weighted by atomic mass is 35.5. The monoisotopic (exact) mass is 302 g/mol. The first kappa shape index (κ1) is 17.8. The van der Waals surface area contributed by atoms with Gasteiger partial charge in [-0.2, -0.15) is 0 Å². The number of nitrogens with one attached hydrogen (secondary N) is 2. The Kier molecular flexibility index (Phi) is 7.32. The largest absolute Gasteiger partial charge is 0.355 e. The van der Waals surface area contributed by atoms with E-state index in [0.29, 0.717) is 5.92 Å². The molecule has 1 saturated heterocycles. The fourth-order valence-electron chi connectivity index (χ4n) is 3.54. The van der Waals surface area contributed by atoms with E-state index in [4.69, 9.17) is 0 Å². The molecule has 2 aliphatic rings. The van der Waals surface area contributed by atoms with E-state index in [1.807, 2.05) is 0 Å². The van der Waals surface area contributed by atoms with Crippen molar-refractivity contribution in [1.29, 1.82) is 0 Å². The second kappa shape index (κ2) is 8.23. The topological polar surface area (TPSA) is 41.1 Å². The van der Waals surface area contributed by atoms with Gasteiger partial charge in [0.15, 0.2) is 0 Å². The van der Waals surface area contributed by atoms with Crippen molar-refractivity contribution in [3.8, 4) is 0 Å². The van der Waals surface area contributed by atoms with Gasteiger partial charge in [0.1, 0.15) is 0 Å². The van der Waals surface area contributed by atoms with Crippen molar-refractivity contribution >= 4 is 18.3 Å². The zero-order valence-electron chi connectivity index (χ0n) is 13.0. The Labute approximate surface area is 130 Å². The quantitative estimate of drug-likeness (QED) is 0.838. The van der Waals surface area contributed by atoms with Crippen molar-refractivity contribution in [3.63, 3.8) is 0 Å². The molecule has 0 bridgehead atoms. The average molecular weight is 303 g/mol. The summed E-state index contributed by atoms with van der Waals surface area (Å²) in [4.78, 5) is 12.3. The highest BCUT2D eigenvalue weighted by Crippen LogP contribution is 2.31. The summed E-state index contributed by atoms with van der Waals surface area (Å²) in [6.45, 7) is 7.18. The molecule has 0 aromatic heterocycles. The fourth-order valence-corrected chi connectivity index (χ4v) is 3.54.